The van der Waals surface area contributed by atoms with Crippen LogP contribution in [-0.4, -0.2) is 9.97 Å². The van der Waals surface area contributed by atoms with Gasteiger partial charge >= 0.3 is 0 Å². The molecule has 0 fully saturated rings. The molecule has 1 atom stereocenters. The molecule has 4 nitrogen and oxygen atoms in total. The number of nitrogens with zero attached hydrogens (tertiary/aromatic N) is 2. The maximum absolute atomic E-state index is 5.59. The van der Waals surface area contributed by atoms with E-state index in [0.29, 0.717) is 0 Å². The zero-order valence-electron chi connectivity index (χ0n) is 8.77. The van der Waals surface area contributed by atoms with Crippen LogP contribution in [0.4, 0.5) is 0 Å². The molecule has 17 heavy (non-hydrogen) atoms. The normalized spacial score (nSPS) is 12.4. The first-order chi connectivity index (χ1) is 8.22. The van der Waals surface area contributed by atoms with Crippen LogP contribution in [0.2, 0.25) is 0 Å². The van der Waals surface area contributed by atoms with E-state index >= 15 is 0 Å². The first-order valence-electron chi connectivity index (χ1n) is 4.89. The molecule has 88 valence electrons. The summed E-state index contributed by atoms with van der Waals surface area (Å²) in [5.74, 6) is 5.59. The highest BCUT2D eigenvalue weighted by Crippen LogP contribution is 2.27. The fourth-order valence-electron chi connectivity index (χ4n) is 1.52. The fourth-order valence-corrected chi connectivity index (χ4v) is 2.73. The lowest BCUT2D eigenvalue weighted by molar-refractivity contribution is 0.615. The Hall–Kier alpha value is -0.820. The summed E-state index contributed by atoms with van der Waals surface area (Å²) in [5, 5.41) is 0. The highest BCUT2D eigenvalue weighted by molar-refractivity contribution is 9.11. The summed E-state index contributed by atoms with van der Waals surface area (Å²) < 4.78 is 1.80. The molecule has 0 spiro atoms. The Kier molecular flexibility index (Phi) is 4.22. The van der Waals surface area contributed by atoms with Crippen LogP contribution in [-0.2, 0) is 0 Å². The fraction of sp³-hybridized carbons (Fsp3) is 0.0909. The van der Waals surface area contributed by atoms with Crippen molar-refractivity contribution in [1.29, 1.82) is 0 Å². The number of hydrazine groups is 1. The lowest BCUT2D eigenvalue weighted by Crippen LogP contribution is -2.29. The number of rotatable bonds is 3. The van der Waals surface area contributed by atoms with Crippen LogP contribution in [0.3, 0.4) is 0 Å². The Labute approximate surface area is 116 Å². The molecule has 0 aliphatic heterocycles. The van der Waals surface area contributed by atoms with Crippen LogP contribution in [0, 0.1) is 0 Å². The summed E-state index contributed by atoms with van der Waals surface area (Å²) in [5.41, 5.74) is 4.53. The van der Waals surface area contributed by atoms with Gasteiger partial charge in [-0.25, -0.2) is 5.43 Å². The van der Waals surface area contributed by atoms with Crippen molar-refractivity contribution in [1.82, 2.24) is 15.4 Å². The standard InChI is InChI=1S/C11H10Br2N4/c12-8-4-9(13)11(16-6-8)10(17-14)7-2-1-3-15-5-7/h1-6,10,17H,14H2. The summed E-state index contributed by atoms with van der Waals surface area (Å²) in [4.78, 5) is 8.44. The van der Waals surface area contributed by atoms with Crippen molar-refractivity contribution >= 4 is 31.9 Å². The lowest BCUT2D eigenvalue weighted by atomic mass is 10.1. The second kappa shape index (κ2) is 5.68. The average molecular weight is 358 g/mol. The minimum Gasteiger partial charge on any atom is -0.271 e. The van der Waals surface area contributed by atoms with Crippen molar-refractivity contribution in [3.63, 3.8) is 0 Å². The molecule has 0 aliphatic carbocycles. The van der Waals surface area contributed by atoms with E-state index in [2.05, 4.69) is 47.3 Å². The van der Waals surface area contributed by atoms with E-state index in [0.717, 1.165) is 20.2 Å². The van der Waals surface area contributed by atoms with E-state index in [1.54, 1.807) is 18.6 Å². The quantitative estimate of drug-likeness (QED) is 0.654. The zero-order chi connectivity index (χ0) is 12.3. The first-order valence-corrected chi connectivity index (χ1v) is 6.48. The highest BCUT2D eigenvalue weighted by atomic mass is 79.9. The van der Waals surface area contributed by atoms with E-state index in [1.807, 2.05) is 18.2 Å². The molecule has 3 N–H and O–H groups in total. The molecule has 0 radical (unpaired) electrons. The number of aromatic nitrogens is 2. The number of hydrogen-bond donors (Lipinski definition) is 2. The summed E-state index contributed by atoms with van der Waals surface area (Å²) in [6.07, 6.45) is 5.22. The lowest BCUT2D eigenvalue weighted by Gasteiger charge is -2.16. The van der Waals surface area contributed by atoms with Crippen molar-refractivity contribution < 1.29 is 0 Å². The Balaban J connectivity index is 2.42. The molecule has 0 aromatic carbocycles. The van der Waals surface area contributed by atoms with Crippen LogP contribution < -0.4 is 11.3 Å². The summed E-state index contributed by atoms with van der Waals surface area (Å²) in [6.45, 7) is 0. The SMILES string of the molecule is NNC(c1cccnc1)c1ncc(Br)cc1Br. The molecule has 2 aromatic heterocycles. The third kappa shape index (κ3) is 2.90. The predicted molar refractivity (Wildman–Crippen MR) is 73.0 cm³/mol. The van der Waals surface area contributed by atoms with Gasteiger partial charge in [0.05, 0.1) is 11.7 Å². The van der Waals surface area contributed by atoms with Crippen LogP contribution in [0.25, 0.3) is 0 Å². The van der Waals surface area contributed by atoms with E-state index in [9.17, 15) is 0 Å². The monoisotopic (exact) mass is 356 g/mol. The molecule has 0 aliphatic rings. The highest BCUT2D eigenvalue weighted by Gasteiger charge is 2.17. The van der Waals surface area contributed by atoms with Crippen LogP contribution >= 0.6 is 31.9 Å². The van der Waals surface area contributed by atoms with Gasteiger partial charge in [0.25, 0.3) is 0 Å². The molecule has 0 saturated heterocycles. The van der Waals surface area contributed by atoms with Gasteiger partial charge in [-0.15, -0.1) is 0 Å². The van der Waals surface area contributed by atoms with E-state index < -0.39 is 0 Å². The van der Waals surface area contributed by atoms with Gasteiger partial charge in [0, 0.05) is 27.5 Å². The van der Waals surface area contributed by atoms with Crippen molar-refractivity contribution in [2.24, 2.45) is 5.84 Å². The molecular formula is C11H10Br2N4. The van der Waals surface area contributed by atoms with Crippen LogP contribution in [0.5, 0.6) is 0 Å². The minimum atomic E-state index is -0.189. The number of pyridine rings is 2. The van der Waals surface area contributed by atoms with Crippen molar-refractivity contribution in [3.05, 3.63) is 57.0 Å². The molecular weight excluding hydrogens is 348 g/mol. The number of nitrogens with two attached hydrogens (primary N) is 1. The number of nitrogens with one attached hydrogen (secondary N) is 1. The van der Waals surface area contributed by atoms with Gasteiger partial charge < -0.3 is 0 Å². The molecule has 6 heteroatoms. The third-order valence-electron chi connectivity index (χ3n) is 2.29. The molecule has 1 unspecified atom stereocenters. The first kappa shape index (κ1) is 12.6. The van der Waals surface area contributed by atoms with Gasteiger partial charge in [-0.2, -0.15) is 0 Å². The van der Waals surface area contributed by atoms with E-state index in [4.69, 9.17) is 5.84 Å². The maximum atomic E-state index is 5.59. The van der Waals surface area contributed by atoms with Crippen LogP contribution in [0.15, 0.2) is 45.7 Å². The van der Waals surface area contributed by atoms with Gasteiger partial charge in [-0.1, -0.05) is 6.07 Å². The van der Waals surface area contributed by atoms with Gasteiger partial charge in [-0.3, -0.25) is 15.8 Å². The summed E-state index contributed by atoms with van der Waals surface area (Å²) >= 11 is 6.84. The maximum Gasteiger partial charge on any atom is 0.0907 e. The van der Waals surface area contributed by atoms with Gasteiger partial charge in [0.1, 0.15) is 0 Å². The van der Waals surface area contributed by atoms with Crippen molar-refractivity contribution in [3.8, 4) is 0 Å². The van der Waals surface area contributed by atoms with Gasteiger partial charge in [0.15, 0.2) is 0 Å². The Morgan fingerprint density at radius 2 is 2.12 bits per heavy atom. The predicted octanol–water partition coefficient (Wildman–Crippen LogP) is 2.55. The van der Waals surface area contributed by atoms with Gasteiger partial charge in [-0.05, 0) is 49.6 Å². The van der Waals surface area contributed by atoms with E-state index in [1.165, 1.54) is 0 Å². The molecule has 0 amide bonds. The molecule has 2 rings (SSSR count). The zero-order valence-corrected chi connectivity index (χ0v) is 11.9. The molecule has 2 aromatic rings. The number of hydrogen-bond acceptors (Lipinski definition) is 4. The van der Waals surface area contributed by atoms with E-state index in [-0.39, 0.29) is 6.04 Å². The molecule has 2 heterocycles. The van der Waals surface area contributed by atoms with Crippen LogP contribution in [0.1, 0.15) is 17.3 Å². The van der Waals surface area contributed by atoms with Crippen molar-refractivity contribution in [2.75, 3.05) is 0 Å². The Morgan fingerprint density at radius 3 is 2.71 bits per heavy atom. The van der Waals surface area contributed by atoms with Gasteiger partial charge in [0.2, 0.25) is 0 Å². The third-order valence-corrected chi connectivity index (χ3v) is 3.36. The molecule has 0 bridgehead atoms. The summed E-state index contributed by atoms with van der Waals surface area (Å²) in [6, 6.07) is 5.56. The number of halogens is 2. The Morgan fingerprint density at radius 1 is 1.29 bits per heavy atom. The molecule has 0 saturated carbocycles. The second-order valence-corrected chi connectivity index (χ2v) is 5.18. The second-order valence-electron chi connectivity index (χ2n) is 3.41. The van der Waals surface area contributed by atoms with Crippen molar-refractivity contribution in [2.45, 2.75) is 6.04 Å². The topological polar surface area (TPSA) is 63.8 Å². The smallest absolute Gasteiger partial charge is 0.0907 e. The summed E-state index contributed by atoms with van der Waals surface area (Å²) in [7, 11) is 0. The average Bonchev–Trinajstić information content (AvgIpc) is 2.34. The minimum absolute atomic E-state index is 0.189. The largest absolute Gasteiger partial charge is 0.271 e. The Bertz CT molecular complexity index is 504.